The Kier molecular flexibility index (Phi) is 9.97. The molecule has 3 aromatic rings. The van der Waals surface area contributed by atoms with E-state index in [1.807, 2.05) is 7.11 Å². The molecule has 3 aromatic carbocycles. The Morgan fingerprint density at radius 2 is 1.17 bits per heavy atom. The van der Waals surface area contributed by atoms with Crippen molar-refractivity contribution < 1.29 is 36.6 Å². The summed E-state index contributed by atoms with van der Waals surface area (Å²) < 4.78 is 8.42. The Balaban J connectivity index is 1.97. The van der Waals surface area contributed by atoms with E-state index < -0.39 is 31.9 Å². The molecule has 1 aliphatic carbocycles. The number of anilines is 2. The summed E-state index contributed by atoms with van der Waals surface area (Å²) in [5, 5.41) is 0. The van der Waals surface area contributed by atoms with Gasteiger partial charge >= 0.3 is 271 Å². The first-order valence-corrected chi connectivity index (χ1v) is 18.5. The van der Waals surface area contributed by atoms with Crippen LogP contribution >= 0.6 is 0 Å². The quantitative estimate of drug-likeness (QED) is 0.195. The van der Waals surface area contributed by atoms with Crippen LogP contribution in [0.4, 0.5) is 11.4 Å². The Morgan fingerprint density at radius 1 is 0.714 bits per heavy atom. The molecule has 0 fully saturated rings. The number of methoxy groups -OCH3 is 1. The molecule has 4 heteroatoms. The van der Waals surface area contributed by atoms with Gasteiger partial charge in [0.25, 0.3) is 0 Å². The molecule has 0 N–H and O–H groups in total. The van der Waals surface area contributed by atoms with Crippen molar-refractivity contribution in [1.29, 1.82) is 0 Å². The van der Waals surface area contributed by atoms with Gasteiger partial charge in [-0.25, -0.2) is 0 Å². The van der Waals surface area contributed by atoms with E-state index in [9.17, 15) is 0 Å². The predicted octanol–water partition coefficient (Wildman–Crippen LogP) is 9.02. The minimum absolute atomic E-state index is 0.0242. The van der Waals surface area contributed by atoms with Crippen LogP contribution in [-0.4, -0.2) is 35.3 Å². The van der Waals surface area contributed by atoms with E-state index in [4.69, 9.17) is 4.74 Å². The Bertz CT molecular complexity index is 1390. The molecule has 1 aliphatic rings. The summed E-state index contributed by atoms with van der Waals surface area (Å²) in [6.07, 6.45) is 9.69. The number of ether oxygens (including phenoxy) is 1. The maximum atomic E-state index is 6.32. The molecule has 4 rings (SSSR count). The first-order chi connectivity index (χ1) is 19.7. The summed E-state index contributed by atoms with van der Waals surface area (Å²) in [7, 11) is 10.5. The van der Waals surface area contributed by atoms with Gasteiger partial charge in [0.15, 0.2) is 0 Å². The first-order valence-electron chi connectivity index (χ1n) is 14.8. The summed E-state index contributed by atoms with van der Waals surface area (Å²) >= 11 is -1.83. The second-order valence-corrected chi connectivity index (χ2v) is 18.6. The van der Waals surface area contributed by atoms with Crippen LogP contribution in [0.2, 0.25) is 1.51 Å². The van der Waals surface area contributed by atoms with Gasteiger partial charge in [-0.1, -0.05) is 0 Å². The Hall–Kier alpha value is -2.20. The molecule has 0 atom stereocenters. The first kappa shape index (κ1) is 32.7. The van der Waals surface area contributed by atoms with Gasteiger partial charge in [-0.3, -0.25) is 0 Å². The number of benzene rings is 3. The molecule has 42 heavy (non-hydrogen) atoms. The second kappa shape index (κ2) is 12.8. The van der Waals surface area contributed by atoms with Crippen LogP contribution in [0, 0.1) is 38.8 Å². The van der Waals surface area contributed by atoms with Gasteiger partial charge in [-0.15, -0.1) is 0 Å². The second-order valence-electron chi connectivity index (χ2n) is 13.3. The van der Waals surface area contributed by atoms with Crippen molar-refractivity contribution in [2.45, 2.75) is 58.9 Å². The normalized spacial score (nSPS) is 14.7. The van der Waals surface area contributed by atoms with Gasteiger partial charge in [0.05, 0.1) is 0 Å². The molecule has 0 saturated carbocycles. The maximum absolute atomic E-state index is 6.32. The van der Waals surface area contributed by atoms with Crippen LogP contribution in [0.5, 0.6) is 5.75 Å². The average molecular weight is 717 g/mol. The van der Waals surface area contributed by atoms with E-state index in [0.717, 1.165) is 10.8 Å². The number of nitrogens with zero attached hydrogens (tertiary/aromatic N) is 2. The minimum atomic E-state index is -1.83. The van der Waals surface area contributed by atoms with E-state index >= 15 is 0 Å². The van der Waals surface area contributed by atoms with E-state index in [1.165, 1.54) is 39.2 Å². The molecule has 0 aliphatic heterocycles. The van der Waals surface area contributed by atoms with Crippen LogP contribution in [0.1, 0.15) is 62.4 Å². The number of aryl methyl sites for hydroxylation is 1. The summed E-state index contributed by atoms with van der Waals surface area (Å²) in [6, 6.07) is 22.7. The van der Waals surface area contributed by atoms with Gasteiger partial charge in [-0.05, 0) is 0 Å². The third kappa shape index (κ3) is 6.35. The fourth-order valence-corrected chi connectivity index (χ4v) is 13.6. The van der Waals surface area contributed by atoms with Crippen LogP contribution < -0.4 is 14.5 Å². The van der Waals surface area contributed by atoms with Crippen LogP contribution in [-0.2, 0) is 15.9 Å². The van der Waals surface area contributed by atoms with Crippen molar-refractivity contribution in [2.75, 3.05) is 45.1 Å². The topological polar surface area (TPSA) is 15.7 Å². The SMILES string of the molecule is COc1c(C(C)(C)C)cc(C)cc1C(C)(C)[C]1([Ho]([CH2]c2ccccc2N(C)C)[CH2]c2ccccc2N(C)C)C=CC=C1. The summed E-state index contributed by atoms with van der Waals surface area (Å²) in [5.74, 6) is 1.04. The van der Waals surface area contributed by atoms with Gasteiger partial charge < -0.3 is 0 Å². The molecule has 0 spiro atoms. The molecular formula is C38H51HoN2O. The Morgan fingerprint density at radius 3 is 1.60 bits per heavy atom. The third-order valence-electron chi connectivity index (χ3n) is 8.38. The van der Waals surface area contributed by atoms with Crippen molar-refractivity contribution >= 4 is 11.4 Å². The van der Waals surface area contributed by atoms with Crippen LogP contribution in [0.3, 0.4) is 0 Å². The zero-order chi connectivity index (χ0) is 30.9. The third-order valence-corrected chi connectivity index (χ3v) is 15.6. The van der Waals surface area contributed by atoms with Gasteiger partial charge in [-0.2, -0.15) is 0 Å². The molecule has 3 nitrogen and oxygen atoms in total. The fraction of sp³-hybridized carbons (Fsp3) is 0.421. The van der Waals surface area contributed by atoms with E-state index in [-0.39, 0.29) is 12.3 Å². The van der Waals surface area contributed by atoms with Crippen molar-refractivity contribution in [3.63, 3.8) is 0 Å². The number of hydrogen-bond donors (Lipinski definition) is 0. The van der Waals surface area contributed by atoms with Crippen LogP contribution in [0.15, 0.2) is 85.0 Å². The number of allylic oxidation sites excluding steroid dienone is 4. The molecule has 0 aromatic heterocycles. The van der Waals surface area contributed by atoms with E-state index in [1.54, 1.807) is 0 Å². The van der Waals surface area contributed by atoms with Crippen molar-refractivity contribution in [2.24, 2.45) is 0 Å². The average Bonchev–Trinajstić information content (AvgIpc) is 3.44. The fourth-order valence-electron chi connectivity index (χ4n) is 6.03. The molecule has 0 radical (unpaired) electrons. The molecule has 0 heterocycles. The number of hydrogen-bond acceptors (Lipinski definition) is 3. The molecule has 230 valence electrons. The standard InChI is InChI=1S/C20H27O.2C9H12N.Ho/c1-14-12-16(19(2,3)4)18(21-7)17(13-14)20(5,6)15-10-8-9-11-15;2*1-8-6-4-5-7-9(8)10(2)3;/h8-13H,1-7H3;2*4-7H,1H2,2-3H3;. The molecule has 0 unspecified atom stereocenters. The number of para-hydroxylation sites is 2. The van der Waals surface area contributed by atoms with E-state index in [0.29, 0.717) is 0 Å². The van der Waals surface area contributed by atoms with Crippen molar-refractivity contribution in [1.82, 2.24) is 0 Å². The van der Waals surface area contributed by atoms with Crippen LogP contribution in [0.25, 0.3) is 0 Å². The van der Waals surface area contributed by atoms with Gasteiger partial charge in [0.2, 0.25) is 0 Å². The summed E-state index contributed by atoms with van der Waals surface area (Å²) in [6.45, 7) is 14.0. The Labute approximate surface area is 268 Å². The molecule has 0 amide bonds. The van der Waals surface area contributed by atoms with E-state index in [2.05, 4.69) is 165 Å². The van der Waals surface area contributed by atoms with Gasteiger partial charge in [0, 0.05) is 0 Å². The summed E-state index contributed by atoms with van der Waals surface area (Å²) in [5.41, 5.74) is 9.19. The monoisotopic (exact) mass is 716 g/mol. The zero-order valence-electron chi connectivity index (χ0n) is 27.6. The number of rotatable bonds is 10. The summed E-state index contributed by atoms with van der Waals surface area (Å²) in [4.78, 5) is 4.54. The van der Waals surface area contributed by atoms with Gasteiger partial charge in [0.1, 0.15) is 0 Å². The zero-order valence-corrected chi connectivity index (χ0v) is 29.5. The van der Waals surface area contributed by atoms with Crippen molar-refractivity contribution in [3.05, 3.63) is 113 Å². The van der Waals surface area contributed by atoms with Crippen molar-refractivity contribution in [3.8, 4) is 5.75 Å². The predicted molar refractivity (Wildman–Crippen MR) is 179 cm³/mol. The molecular weight excluding hydrogens is 665 g/mol. The molecule has 0 saturated heterocycles. The molecule has 0 bridgehead atoms.